The molecule has 1 aliphatic heterocycles. The molecule has 2 atom stereocenters. The molecular formula is C19H22N2O. The van der Waals surface area contributed by atoms with Gasteiger partial charge in [0.1, 0.15) is 0 Å². The summed E-state index contributed by atoms with van der Waals surface area (Å²) in [5, 5.41) is 0.980. The molecule has 22 heavy (non-hydrogen) atoms. The van der Waals surface area contributed by atoms with Gasteiger partial charge in [0.05, 0.1) is 5.52 Å². The van der Waals surface area contributed by atoms with E-state index in [9.17, 15) is 4.79 Å². The highest BCUT2D eigenvalue weighted by atomic mass is 16.2. The second-order valence-electron chi connectivity index (χ2n) is 6.63. The van der Waals surface area contributed by atoms with Gasteiger partial charge in [-0.2, -0.15) is 0 Å². The van der Waals surface area contributed by atoms with Crippen molar-refractivity contribution in [3.05, 3.63) is 42.1 Å². The summed E-state index contributed by atoms with van der Waals surface area (Å²) in [5.41, 5.74) is 1.72. The number of amides is 1. The van der Waals surface area contributed by atoms with Crippen LogP contribution in [0, 0.1) is 5.92 Å². The Morgan fingerprint density at radius 1 is 1.05 bits per heavy atom. The zero-order chi connectivity index (χ0) is 14.9. The molecule has 0 bridgehead atoms. The summed E-state index contributed by atoms with van der Waals surface area (Å²) in [7, 11) is 0. The monoisotopic (exact) mass is 294 g/mol. The van der Waals surface area contributed by atoms with Crippen molar-refractivity contribution in [2.24, 2.45) is 5.92 Å². The minimum atomic E-state index is 0.204. The Morgan fingerprint density at radius 2 is 1.91 bits per heavy atom. The maximum Gasteiger partial charge on any atom is 0.254 e. The lowest BCUT2D eigenvalue weighted by molar-refractivity contribution is 0.0392. The van der Waals surface area contributed by atoms with Crippen LogP contribution in [0.3, 0.4) is 0 Å². The predicted molar refractivity (Wildman–Crippen MR) is 87.8 cm³/mol. The van der Waals surface area contributed by atoms with Gasteiger partial charge in [-0.3, -0.25) is 9.78 Å². The molecule has 1 aliphatic carbocycles. The quantitative estimate of drug-likeness (QED) is 0.795. The number of carbonyl (C=O) groups excluding carboxylic acids is 1. The minimum Gasteiger partial charge on any atom is -0.335 e. The number of hydrogen-bond donors (Lipinski definition) is 0. The normalized spacial score (nSPS) is 25.0. The third kappa shape index (κ3) is 2.29. The van der Waals surface area contributed by atoms with Gasteiger partial charge in [0.15, 0.2) is 0 Å². The first-order valence-corrected chi connectivity index (χ1v) is 8.49. The van der Waals surface area contributed by atoms with Crippen molar-refractivity contribution in [3.63, 3.8) is 0 Å². The number of rotatable bonds is 1. The lowest BCUT2D eigenvalue weighted by Crippen LogP contribution is -2.49. The minimum absolute atomic E-state index is 0.204. The van der Waals surface area contributed by atoms with Crippen molar-refractivity contribution in [1.29, 1.82) is 0 Å². The van der Waals surface area contributed by atoms with Crippen LogP contribution >= 0.6 is 0 Å². The molecule has 3 nitrogen and oxygen atoms in total. The van der Waals surface area contributed by atoms with E-state index < -0.39 is 0 Å². The number of benzene rings is 1. The molecule has 1 amide bonds. The number of piperidine rings is 1. The second kappa shape index (κ2) is 5.71. The molecule has 2 unspecified atom stereocenters. The maximum absolute atomic E-state index is 13.2. The van der Waals surface area contributed by atoms with Gasteiger partial charge in [0.25, 0.3) is 5.91 Å². The van der Waals surface area contributed by atoms with E-state index >= 15 is 0 Å². The number of hydrogen-bond acceptors (Lipinski definition) is 2. The summed E-state index contributed by atoms with van der Waals surface area (Å²) in [4.78, 5) is 19.7. The molecule has 1 aromatic heterocycles. The van der Waals surface area contributed by atoms with Crippen LogP contribution in [-0.4, -0.2) is 28.4 Å². The van der Waals surface area contributed by atoms with E-state index in [1.54, 1.807) is 6.20 Å². The molecule has 2 aromatic rings. The van der Waals surface area contributed by atoms with Crippen LogP contribution in [0.4, 0.5) is 0 Å². The van der Waals surface area contributed by atoms with E-state index in [2.05, 4.69) is 9.88 Å². The fraction of sp³-hybridized carbons (Fsp3) is 0.474. The molecule has 4 rings (SSSR count). The lowest BCUT2D eigenvalue weighted by atomic mass is 9.78. The molecule has 0 N–H and O–H groups in total. The molecule has 2 heterocycles. The van der Waals surface area contributed by atoms with Crippen molar-refractivity contribution in [3.8, 4) is 0 Å². The predicted octanol–water partition coefficient (Wildman–Crippen LogP) is 4.03. The van der Waals surface area contributed by atoms with Crippen molar-refractivity contribution >= 4 is 16.8 Å². The fourth-order valence-electron chi connectivity index (χ4n) is 4.32. The van der Waals surface area contributed by atoms with Gasteiger partial charge in [0.2, 0.25) is 0 Å². The Hall–Kier alpha value is -1.90. The van der Waals surface area contributed by atoms with Gasteiger partial charge in [0, 0.05) is 29.7 Å². The third-order valence-corrected chi connectivity index (χ3v) is 5.38. The molecule has 0 radical (unpaired) electrons. The molecule has 1 aromatic carbocycles. The van der Waals surface area contributed by atoms with Crippen molar-refractivity contribution in [2.45, 2.75) is 44.6 Å². The SMILES string of the molecule is O=C(c1cccc2ncccc12)N1CCCC2CCCCC21. The summed E-state index contributed by atoms with van der Waals surface area (Å²) in [5.74, 6) is 0.926. The zero-order valence-electron chi connectivity index (χ0n) is 12.9. The van der Waals surface area contributed by atoms with E-state index in [0.29, 0.717) is 6.04 Å². The number of carbonyl (C=O) groups is 1. The Balaban J connectivity index is 1.70. The summed E-state index contributed by atoms with van der Waals surface area (Å²) in [6, 6.07) is 10.3. The van der Waals surface area contributed by atoms with Gasteiger partial charge in [-0.15, -0.1) is 0 Å². The summed E-state index contributed by atoms with van der Waals surface area (Å²) in [6.45, 7) is 0.913. The van der Waals surface area contributed by atoms with Crippen LogP contribution in [0.15, 0.2) is 36.5 Å². The lowest BCUT2D eigenvalue weighted by Gasteiger charge is -2.44. The van der Waals surface area contributed by atoms with E-state index in [1.165, 1.54) is 32.1 Å². The summed E-state index contributed by atoms with van der Waals surface area (Å²) in [6.07, 6.45) is 9.31. The van der Waals surface area contributed by atoms with Gasteiger partial charge in [-0.25, -0.2) is 0 Å². The molecule has 1 saturated heterocycles. The standard InChI is InChI=1S/C19H22N2O/c22-19(16-8-3-10-17-15(16)9-4-12-20-17)21-13-5-7-14-6-1-2-11-18(14)21/h3-4,8-10,12,14,18H,1-2,5-7,11,13H2. The molecule has 3 heteroatoms. The van der Waals surface area contributed by atoms with E-state index in [0.717, 1.165) is 35.3 Å². The van der Waals surface area contributed by atoms with Crippen LogP contribution in [-0.2, 0) is 0 Å². The molecule has 114 valence electrons. The number of nitrogens with zero attached hydrogens (tertiary/aromatic N) is 2. The van der Waals surface area contributed by atoms with Crippen LogP contribution in [0.2, 0.25) is 0 Å². The highest BCUT2D eigenvalue weighted by Crippen LogP contribution is 2.36. The number of aromatic nitrogens is 1. The highest BCUT2D eigenvalue weighted by molar-refractivity contribution is 6.06. The van der Waals surface area contributed by atoms with Gasteiger partial charge in [-0.1, -0.05) is 25.0 Å². The smallest absolute Gasteiger partial charge is 0.254 e. The number of fused-ring (bicyclic) bond motifs is 2. The molecule has 1 saturated carbocycles. The highest BCUT2D eigenvalue weighted by Gasteiger charge is 2.36. The fourth-order valence-corrected chi connectivity index (χ4v) is 4.32. The Morgan fingerprint density at radius 3 is 2.86 bits per heavy atom. The largest absolute Gasteiger partial charge is 0.335 e. The van der Waals surface area contributed by atoms with Crippen LogP contribution in [0.5, 0.6) is 0 Å². The maximum atomic E-state index is 13.2. The van der Waals surface area contributed by atoms with Crippen LogP contribution < -0.4 is 0 Å². The van der Waals surface area contributed by atoms with Crippen LogP contribution in [0.25, 0.3) is 10.9 Å². The van der Waals surface area contributed by atoms with Crippen LogP contribution in [0.1, 0.15) is 48.9 Å². The zero-order valence-corrected chi connectivity index (χ0v) is 12.9. The third-order valence-electron chi connectivity index (χ3n) is 5.38. The second-order valence-corrected chi connectivity index (χ2v) is 6.63. The number of likely N-dealkylation sites (tertiary alicyclic amines) is 1. The van der Waals surface area contributed by atoms with Crippen molar-refractivity contribution in [2.75, 3.05) is 6.54 Å². The van der Waals surface area contributed by atoms with E-state index in [-0.39, 0.29) is 5.91 Å². The molecular weight excluding hydrogens is 272 g/mol. The first-order valence-electron chi connectivity index (χ1n) is 8.49. The van der Waals surface area contributed by atoms with Gasteiger partial charge in [-0.05, 0) is 49.8 Å². The van der Waals surface area contributed by atoms with Crippen molar-refractivity contribution < 1.29 is 4.79 Å². The topological polar surface area (TPSA) is 33.2 Å². The summed E-state index contributed by atoms with van der Waals surface area (Å²) >= 11 is 0. The van der Waals surface area contributed by atoms with Crippen molar-refractivity contribution in [1.82, 2.24) is 9.88 Å². The summed E-state index contributed by atoms with van der Waals surface area (Å²) < 4.78 is 0. The van der Waals surface area contributed by atoms with E-state index in [4.69, 9.17) is 0 Å². The first-order chi connectivity index (χ1) is 10.8. The molecule has 2 fully saturated rings. The van der Waals surface area contributed by atoms with Gasteiger partial charge >= 0.3 is 0 Å². The van der Waals surface area contributed by atoms with Gasteiger partial charge < -0.3 is 4.90 Å². The first kappa shape index (κ1) is 13.7. The molecule has 0 spiro atoms. The Bertz CT molecular complexity index is 689. The molecule has 2 aliphatic rings. The number of pyridine rings is 1. The Kier molecular flexibility index (Phi) is 3.57. The average molecular weight is 294 g/mol. The van der Waals surface area contributed by atoms with E-state index in [1.807, 2.05) is 30.3 Å². The Labute approximate surface area is 131 Å². The average Bonchev–Trinajstić information content (AvgIpc) is 2.60.